The molecule has 8 heteroatoms. The van der Waals surface area contributed by atoms with E-state index in [1.165, 1.54) is 6.92 Å². The molecule has 3 amide bonds. The van der Waals surface area contributed by atoms with Crippen molar-refractivity contribution in [1.29, 1.82) is 0 Å². The molecule has 0 aromatic heterocycles. The van der Waals surface area contributed by atoms with Crippen LogP contribution < -0.4 is 5.32 Å². The number of hydrogen-bond acceptors (Lipinski definition) is 5. The van der Waals surface area contributed by atoms with E-state index in [-0.39, 0.29) is 11.8 Å². The summed E-state index contributed by atoms with van der Waals surface area (Å²) in [5, 5.41) is 2.92. The van der Waals surface area contributed by atoms with Gasteiger partial charge in [-0.25, -0.2) is 0 Å². The number of carbonyl (C=O) groups excluding carboxylic acids is 4. The summed E-state index contributed by atoms with van der Waals surface area (Å²) in [7, 11) is 0. The maximum absolute atomic E-state index is 12.4. The highest BCUT2D eigenvalue weighted by molar-refractivity contribution is 6.33. The molecular weight excluding hydrogens is 372 g/mol. The van der Waals surface area contributed by atoms with Crippen molar-refractivity contribution < 1.29 is 23.9 Å². The second kappa shape index (κ2) is 7.92. The Kier molecular flexibility index (Phi) is 5.60. The lowest BCUT2D eigenvalue weighted by atomic mass is 9.85. The van der Waals surface area contributed by atoms with Gasteiger partial charge in [-0.3, -0.25) is 24.1 Å². The smallest absolute Gasteiger partial charge is 0.326 e. The third-order valence-corrected chi connectivity index (χ3v) is 5.02. The highest BCUT2D eigenvalue weighted by atomic mass is 35.5. The Balaban J connectivity index is 1.56. The van der Waals surface area contributed by atoms with Crippen molar-refractivity contribution in [1.82, 2.24) is 4.90 Å². The van der Waals surface area contributed by atoms with E-state index >= 15 is 0 Å². The van der Waals surface area contributed by atoms with Crippen LogP contribution >= 0.6 is 11.6 Å². The fourth-order valence-corrected chi connectivity index (χ4v) is 3.42. The quantitative estimate of drug-likeness (QED) is 0.472. The Labute approximate surface area is 161 Å². The normalized spacial score (nSPS) is 22.4. The van der Waals surface area contributed by atoms with E-state index in [0.29, 0.717) is 23.6 Å². The molecule has 1 aliphatic heterocycles. The third kappa shape index (κ3) is 4.03. The average Bonchev–Trinajstić information content (AvgIpc) is 2.89. The highest BCUT2D eigenvalue weighted by Gasteiger charge is 2.47. The van der Waals surface area contributed by atoms with Crippen LogP contribution in [0.15, 0.2) is 36.4 Å². The molecule has 1 fully saturated rings. The molecule has 0 spiro atoms. The largest absolute Gasteiger partial charge is 0.451 e. The van der Waals surface area contributed by atoms with Crippen LogP contribution in [-0.4, -0.2) is 41.2 Å². The number of hydrogen-bond donors (Lipinski definition) is 1. The zero-order valence-corrected chi connectivity index (χ0v) is 15.4. The number of halogens is 1. The molecular formula is C19H19ClN2O5. The Morgan fingerprint density at radius 1 is 1.19 bits per heavy atom. The standard InChI is InChI=1S/C19H19ClN2O5/c1-11(17(24)21-15-9-5-4-8-14(15)20)27-16(23)10-22-18(25)12-6-2-3-7-13(12)19(22)26/h2-5,8-9,11-13H,6-7,10H2,1H3,(H,21,24)/t11-,12-,13+/m1/s1. The van der Waals surface area contributed by atoms with E-state index in [9.17, 15) is 19.2 Å². The minimum Gasteiger partial charge on any atom is -0.451 e. The number of ether oxygens (including phenoxy) is 1. The minimum atomic E-state index is -1.11. The summed E-state index contributed by atoms with van der Waals surface area (Å²) < 4.78 is 5.08. The van der Waals surface area contributed by atoms with Crippen LogP contribution in [0.25, 0.3) is 0 Å². The van der Waals surface area contributed by atoms with Crippen molar-refractivity contribution in [2.24, 2.45) is 11.8 Å². The molecule has 1 aliphatic carbocycles. The number of allylic oxidation sites excluding steroid dienone is 2. The molecule has 1 aromatic rings. The van der Waals surface area contributed by atoms with Crippen LogP contribution in [0.1, 0.15) is 19.8 Å². The van der Waals surface area contributed by atoms with Gasteiger partial charge in [0.05, 0.1) is 22.5 Å². The van der Waals surface area contributed by atoms with Crippen molar-refractivity contribution in [2.75, 3.05) is 11.9 Å². The van der Waals surface area contributed by atoms with E-state index in [4.69, 9.17) is 16.3 Å². The fourth-order valence-electron chi connectivity index (χ4n) is 3.24. The lowest BCUT2D eigenvalue weighted by Crippen LogP contribution is -2.39. The molecule has 0 unspecified atom stereocenters. The molecule has 1 aromatic carbocycles. The van der Waals surface area contributed by atoms with Gasteiger partial charge in [0.1, 0.15) is 6.54 Å². The predicted molar refractivity (Wildman–Crippen MR) is 97.7 cm³/mol. The minimum absolute atomic E-state index is 0.355. The van der Waals surface area contributed by atoms with Gasteiger partial charge >= 0.3 is 5.97 Å². The second-order valence-corrected chi connectivity index (χ2v) is 6.93. The molecule has 142 valence electrons. The maximum Gasteiger partial charge on any atom is 0.326 e. The van der Waals surface area contributed by atoms with Gasteiger partial charge in [-0.15, -0.1) is 0 Å². The van der Waals surface area contributed by atoms with Gasteiger partial charge in [0.25, 0.3) is 5.91 Å². The summed E-state index contributed by atoms with van der Waals surface area (Å²) in [6.45, 7) is 0.912. The molecule has 27 heavy (non-hydrogen) atoms. The van der Waals surface area contributed by atoms with Gasteiger partial charge in [-0.1, -0.05) is 35.9 Å². The number of esters is 1. The van der Waals surface area contributed by atoms with Gasteiger partial charge in [0.15, 0.2) is 6.10 Å². The average molecular weight is 391 g/mol. The monoisotopic (exact) mass is 390 g/mol. The summed E-state index contributed by atoms with van der Waals surface area (Å²) in [6.07, 6.45) is 3.63. The second-order valence-electron chi connectivity index (χ2n) is 6.52. The highest BCUT2D eigenvalue weighted by Crippen LogP contribution is 2.34. The molecule has 3 rings (SSSR count). The van der Waals surface area contributed by atoms with Crippen molar-refractivity contribution in [2.45, 2.75) is 25.9 Å². The lowest BCUT2D eigenvalue weighted by Gasteiger charge is -2.17. The molecule has 7 nitrogen and oxygen atoms in total. The van der Waals surface area contributed by atoms with Gasteiger partial charge < -0.3 is 10.1 Å². The summed E-state index contributed by atoms with van der Waals surface area (Å²) >= 11 is 5.97. The third-order valence-electron chi connectivity index (χ3n) is 4.70. The molecule has 3 atom stereocenters. The van der Waals surface area contributed by atoms with Gasteiger partial charge in [0, 0.05) is 0 Å². The molecule has 2 aliphatic rings. The van der Waals surface area contributed by atoms with Crippen LogP contribution in [0.2, 0.25) is 5.02 Å². The van der Waals surface area contributed by atoms with Gasteiger partial charge in [-0.2, -0.15) is 0 Å². The number of nitrogens with one attached hydrogen (secondary N) is 1. The predicted octanol–water partition coefficient (Wildman–Crippen LogP) is 2.16. The Morgan fingerprint density at radius 3 is 2.37 bits per heavy atom. The Bertz CT molecular complexity index is 796. The van der Waals surface area contributed by atoms with Crippen LogP contribution in [0.3, 0.4) is 0 Å². The van der Waals surface area contributed by atoms with E-state index in [1.807, 2.05) is 12.2 Å². The first-order chi connectivity index (χ1) is 12.9. The van der Waals surface area contributed by atoms with Crippen molar-refractivity contribution in [3.63, 3.8) is 0 Å². The lowest BCUT2D eigenvalue weighted by molar-refractivity contribution is -0.158. The molecule has 0 saturated carbocycles. The van der Waals surface area contributed by atoms with Gasteiger partial charge in [0.2, 0.25) is 11.8 Å². The number of anilines is 1. The number of rotatable bonds is 5. The van der Waals surface area contributed by atoms with Crippen LogP contribution in [-0.2, 0) is 23.9 Å². The Morgan fingerprint density at radius 2 is 1.78 bits per heavy atom. The van der Waals surface area contributed by atoms with Crippen molar-refractivity contribution >= 4 is 41.0 Å². The van der Waals surface area contributed by atoms with E-state index in [0.717, 1.165) is 4.90 Å². The van der Waals surface area contributed by atoms with Crippen molar-refractivity contribution in [3.05, 3.63) is 41.4 Å². The van der Waals surface area contributed by atoms with Gasteiger partial charge in [-0.05, 0) is 31.9 Å². The van der Waals surface area contributed by atoms with Crippen molar-refractivity contribution in [3.8, 4) is 0 Å². The number of para-hydroxylation sites is 1. The van der Waals surface area contributed by atoms with E-state index in [2.05, 4.69) is 5.32 Å². The SMILES string of the molecule is C[C@@H](OC(=O)CN1C(=O)[C@H]2CC=CC[C@H]2C1=O)C(=O)Nc1ccccc1Cl. The molecule has 1 heterocycles. The number of likely N-dealkylation sites (tertiary alicyclic amines) is 1. The molecule has 1 saturated heterocycles. The van der Waals surface area contributed by atoms with E-state index < -0.39 is 36.4 Å². The number of carbonyl (C=O) groups is 4. The van der Waals surface area contributed by atoms with Crippen LogP contribution in [0.5, 0.6) is 0 Å². The zero-order chi connectivity index (χ0) is 19.6. The first-order valence-electron chi connectivity index (χ1n) is 8.63. The fraction of sp³-hybridized carbons (Fsp3) is 0.368. The first kappa shape index (κ1) is 19.1. The molecule has 0 radical (unpaired) electrons. The summed E-state index contributed by atoms with van der Waals surface area (Å²) in [5.74, 6) is -2.91. The number of amides is 3. The summed E-state index contributed by atoms with van der Waals surface area (Å²) in [4.78, 5) is 49.9. The van der Waals surface area contributed by atoms with E-state index in [1.54, 1.807) is 24.3 Å². The number of nitrogens with zero attached hydrogens (tertiary/aromatic N) is 1. The number of fused-ring (bicyclic) bond motifs is 1. The summed E-state index contributed by atoms with van der Waals surface area (Å²) in [5.41, 5.74) is 0.397. The topological polar surface area (TPSA) is 92.8 Å². The number of benzene rings is 1. The van der Waals surface area contributed by atoms with Crippen LogP contribution in [0, 0.1) is 11.8 Å². The number of imide groups is 1. The zero-order valence-electron chi connectivity index (χ0n) is 14.7. The first-order valence-corrected chi connectivity index (χ1v) is 9.01. The van der Waals surface area contributed by atoms with Crippen LogP contribution in [0.4, 0.5) is 5.69 Å². The Hall–Kier alpha value is -2.67. The maximum atomic E-state index is 12.4. The molecule has 0 bridgehead atoms. The molecule has 1 N–H and O–H groups in total. The summed E-state index contributed by atoms with van der Waals surface area (Å²) in [6, 6.07) is 6.66.